The topological polar surface area (TPSA) is 64.4 Å². The Morgan fingerprint density at radius 2 is 1.64 bits per heavy atom. The molecule has 0 aromatic heterocycles. The highest BCUT2D eigenvalue weighted by atomic mass is 79.9. The van der Waals surface area contributed by atoms with Crippen LogP contribution in [0, 0.1) is 0 Å². The van der Waals surface area contributed by atoms with E-state index >= 15 is 0 Å². The molecule has 0 bridgehead atoms. The van der Waals surface area contributed by atoms with Gasteiger partial charge >= 0.3 is 0 Å². The van der Waals surface area contributed by atoms with Gasteiger partial charge in [-0.15, -0.1) is 0 Å². The molecule has 2 aromatic rings. The molecule has 0 heterocycles. The van der Waals surface area contributed by atoms with Crippen molar-refractivity contribution < 1.29 is 0 Å². The van der Waals surface area contributed by atoms with Crippen LogP contribution < -0.4 is 11.5 Å². The third-order valence-corrected chi connectivity index (χ3v) is 3.94. The second-order valence-electron chi connectivity index (χ2n) is 6.42. The third-order valence-electron chi connectivity index (χ3n) is 3.49. The van der Waals surface area contributed by atoms with Crippen molar-refractivity contribution in [2.45, 2.75) is 32.7 Å². The Bertz CT molecular complexity index is 678. The predicted molar refractivity (Wildman–Crippen MR) is 97.8 cm³/mol. The first-order chi connectivity index (χ1) is 10.3. The molecular formula is C18H22BrN3. The smallest absolute Gasteiger partial charge is 0.186 e. The predicted octanol–water partition coefficient (Wildman–Crippen LogP) is 4.19. The van der Waals surface area contributed by atoms with Gasteiger partial charge in [-0.25, -0.2) is 4.99 Å². The minimum absolute atomic E-state index is 0.107. The second-order valence-corrected chi connectivity index (χ2v) is 7.33. The van der Waals surface area contributed by atoms with Crippen LogP contribution in [-0.2, 0) is 12.0 Å². The van der Waals surface area contributed by atoms with Gasteiger partial charge in [-0.1, -0.05) is 61.0 Å². The van der Waals surface area contributed by atoms with E-state index in [9.17, 15) is 0 Å². The van der Waals surface area contributed by atoms with Gasteiger partial charge < -0.3 is 11.5 Å². The average molecular weight is 360 g/mol. The lowest BCUT2D eigenvalue weighted by Gasteiger charge is -2.19. The van der Waals surface area contributed by atoms with Crippen molar-refractivity contribution in [3.8, 4) is 11.1 Å². The average Bonchev–Trinajstić information content (AvgIpc) is 2.44. The Balaban J connectivity index is 2.34. The number of aliphatic imine (C=N–C) groups is 1. The second kappa shape index (κ2) is 6.53. The molecule has 0 radical (unpaired) electrons. The van der Waals surface area contributed by atoms with Gasteiger partial charge in [0.25, 0.3) is 0 Å². The summed E-state index contributed by atoms with van der Waals surface area (Å²) in [5.74, 6) is 0.107. The summed E-state index contributed by atoms with van der Waals surface area (Å²) in [4.78, 5) is 4.07. The molecular weight excluding hydrogens is 338 g/mol. The first kappa shape index (κ1) is 16.6. The highest BCUT2D eigenvalue weighted by Crippen LogP contribution is 2.28. The molecule has 0 atom stereocenters. The summed E-state index contributed by atoms with van der Waals surface area (Å²) in [6, 6.07) is 14.9. The molecule has 0 spiro atoms. The van der Waals surface area contributed by atoms with Crippen molar-refractivity contribution in [1.29, 1.82) is 0 Å². The van der Waals surface area contributed by atoms with Crippen LogP contribution in [0.3, 0.4) is 0 Å². The molecule has 0 fully saturated rings. The van der Waals surface area contributed by atoms with E-state index in [0.717, 1.165) is 15.6 Å². The van der Waals surface area contributed by atoms with E-state index in [4.69, 9.17) is 11.5 Å². The SMILES string of the molecule is CC(C)(C)c1ccc(-c2cc(Br)cc(CN=C(N)N)c2)cc1. The molecule has 0 unspecified atom stereocenters. The molecule has 0 saturated carbocycles. The summed E-state index contributed by atoms with van der Waals surface area (Å²) in [5, 5.41) is 0. The number of nitrogens with two attached hydrogens (primary N) is 2. The summed E-state index contributed by atoms with van der Waals surface area (Å²) >= 11 is 3.55. The van der Waals surface area contributed by atoms with E-state index in [2.05, 4.69) is 78.1 Å². The zero-order chi connectivity index (χ0) is 16.3. The fourth-order valence-corrected chi connectivity index (χ4v) is 2.79. The monoisotopic (exact) mass is 359 g/mol. The number of benzene rings is 2. The Morgan fingerprint density at radius 1 is 1.00 bits per heavy atom. The van der Waals surface area contributed by atoms with Crippen LogP contribution >= 0.6 is 15.9 Å². The third kappa shape index (κ3) is 4.34. The fraction of sp³-hybridized carbons (Fsp3) is 0.278. The normalized spacial score (nSPS) is 11.3. The molecule has 0 aliphatic heterocycles. The molecule has 0 aliphatic carbocycles. The molecule has 0 amide bonds. The van der Waals surface area contributed by atoms with E-state index in [1.165, 1.54) is 11.1 Å². The van der Waals surface area contributed by atoms with Gasteiger partial charge in [-0.2, -0.15) is 0 Å². The summed E-state index contributed by atoms with van der Waals surface area (Å²) in [6.07, 6.45) is 0. The van der Waals surface area contributed by atoms with Gasteiger partial charge in [0.2, 0.25) is 0 Å². The Labute approximate surface area is 140 Å². The zero-order valence-corrected chi connectivity index (χ0v) is 14.8. The lowest BCUT2D eigenvalue weighted by atomic mass is 9.86. The number of hydrogen-bond acceptors (Lipinski definition) is 1. The van der Waals surface area contributed by atoms with Crippen LogP contribution in [0.1, 0.15) is 31.9 Å². The number of guanidine groups is 1. The lowest BCUT2D eigenvalue weighted by Crippen LogP contribution is -2.22. The van der Waals surface area contributed by atoms with Crippen molar-refractivity contribution in [1.82, 2.24) is 0 Å². The summed E-state index contributed by atoms with van der Waals surface area (Å²) in [5.41, 5.74) is 15.7. The minimum Gasteiger partial charge on any atom is -0.370 e. The largest absolute Gasteiger partial charge is 0.370 e. The van der Waals surface area contributed by atoms with E-state index in [1.54, 1.807) is 0 Å². The van der Waals surface area contributed by atoms with Crippen LogP contribution in [0.2, 0.25) is 0 Å². The molecule has 22 heavy (non-hydrogen) atoms. The van der Waals surface area contributed by atoms with Gasteiger partial charge in [0.1, 0.15) is 0 Å². The molecule has 0 saturated heterocycles. The number of nitrogens with zero attached hydrogens (tertiary/aromatic N) is 1. The van der Waals surface area contributed by atoms with Crippen LogP contribution in [0.4, 0.5) is 0 Å². The van der Waals surface area contributed by atoms with Crippen LogP contribution in [-0.4, -0.2) is 5.96 Å². The Morgan fingerprint density at radius 3 is 2.18 bits per heavy atom. The van der Waals surface area contributed by atoms with Crippen molar-refractivity contribution in [3.05, 3.63) is 58.1 Å². The van der Waals surface area contributed by atoms with Crippen molar-refractivity contribution in [3.63, 3.8) is 0 Å². The van der Waals surface area contributed by atoms with E-state index in [-0.39, 0.29) is 11.4 Å². The van der Waals surface area contributed by atoms with Gasteiger partial charge in [0.05, 0.1) is 6.54 Å². The van der Waals surface area contributed by atoms with Gasteiger partial charge in [-0.05, 0) is 45.9 Å². The lowest BCUT2D eigenvalue weighted by molar-refractivity contribution is 0.590. The van der Waals surface area contributed by atoms with Crippen LogP contribution in [0.5, 0.6) is 0 Å². The van der Waals surface area contributed by atoms with Crippen molar-refractivity contribution >= 4 is 21.9 Å². The molecule has 2 rings (SSSR count). The molecule has 4 heteroatoms. The molecule has 4 N–H and O–H groups in total. The van der Waals surface area contributed by atoms with Gasteiger partial charge in [0.15, 0.2) is 5.96 Å². The van der Waals surface area contributed by atoms with E-state index < -0.39 is 0 Å². The highest BCUT2D eigenvalue weighted by Gasteiger charge is 2.13. The molecule has 116 valence electrons. The van der Waals surface area contributed by atoms with Gasteiger partial charge in [-0.3, -0.25) is 0 Å². The van der Waals surface area contributed by atoms with E-state index in [0.29, 0.717) is 6.54 Å². The maximum absolute atomic E-state index is 5.40. The first-order valence-corrected chi connectivity index (χ1v) is 8.01. The molecule has 2 aromatic carbocycles. The number of hydrogen-bond donors (Lipinski definition) is 2. The summed E-state index contributed by atoms with van der Waals surface area (Å²) in [6.45, 7) is 7.13. The van der Waals surface area contributed by atoms with E-state index in [1.807, 2.05) is 6.07 Å². The molecule has 0 aliphatic rings. The maximum atomic E-state index is 5.40. The van der Waals surface area contributed by atoms with Crippen molar-refractivity contribution in [2.24, 2.45) is 16.5 Å². The fourth-order valence-electron chi connectivity index (χ4n) is 2.25. The molecule has 3 nitrogen and oxygen atoms in total. The highest BCUT2D eigenvalue weighted by molar-refractivity contribution is 9.10. The minimum atomic E-state index is 0.107. The van der Waals surface area contributed by atoms with Gasteiger partial charge in [0, 0.05) is 4.47 Å². The summed E-state index contributed by atoms with van der Waals surface area (Å²) < 4.78 is 1.02. The van der Waals surface area contributed by atoms with Crippen LogP contribution in [0.15, 0.2) is 51.9 Å². The van der Waals surface area contributed by atoms with Crippen LogP contribution in [0.25, 0.3) is 11.1 Å². The first-order valence-electron chi connectivity index (χ1n) is 7.21. The number of halogens is 1. The Kier molecular flexibility index (Phi) is 4.91. The number of rotatable bonds is 3. The standard InChI is InChI=1S/C18H22BrN3/c1-18(2,3)15-6-4-13(5-7-15)14-8-12(9-16(19)10-14)11-22-17(20)21/h4-10H,11H2,1-3H3,(H4,20,21,22). The quantitative estimate of drug-likeness (QED) is 0.637. The Hall–Kier alpha value is -1.81. The van der Waals surface area contributed by atoms with Crippen molar-refractivity contribution in [2.75, 3.05) is 0 Å². The summed E-state index contributed by atoms with van der Waals surface area (Å²) in [7, 11) is 0. The maximum Gasteiger partial charge on any atom is 0.186 e. The zero-order valence-electron chi connectivity index (χ0n) is 13.2.